The fraction of sp³-hybridized carbons (Fsp3) is 0.375. The molecule has 2 aromatic heterocycles. The molecule has 0 spiro atoms. The molecule has 0 aliphatic carbocycles. The summed E-state index contributed by atoms with van der Waals surface area (Å²) < 4.78 is 26.5. The summed E-state index contributed by atoms with van der Waals surface area (Å²) in [6, 6.07) is 0. The number of hydrogen-bond acceptors (Lipinski definition) is 8. The fourth-order valence-corrected chi connectivity index (χ4v) is 4.23. The number of sulfonamides is 1. The van der Waals surface area contributed by atoms with E-state index in [9.17, 15) is 8.42 Å². The van der Waals surface area contributed by atoms with E-state index in [1.165, 1.54) is 11.3 Å². The van der Waals surface area contributed by atoms with Crippen molar-refractivity contribution >= 4 is 37.8 Å². The van der Waals surface area contributed by atoms with Gasteiger partial charge in [0.05, 0.1) is 5.54 Å². The highest BCUT2D eigenvalue weighted by molar-refractivity contribution is 7.91. The molecule has 0 aliphatic rings. The van der Waals surface area contributed by atoms with Crippen LogP contribution in [0.4, 0.5) is 5.13 Å². The van der Waals surface area contributed by atoms with E-state index in [1.807, 2.05) is 0 Å². The molecule has 0 saturated heterocycles. The van der Waals surface area contributed by atoms with Crippen molar-refractivity contribution in [1.29, 1.82) is 0 Å². The summed E-state index contributed by atoms with van der Waals surface area (Å²) in [5.74, 6) is 0. The lowest BCUT2D eigenvalue weighted by atomic mass is 10.1. The fourth-order valence-electron chi connectivity index (χ4n) is 1.28. The Hall–Kier alpha value is -1.10. The highest BCUT2D eigenvalue weighted by Crippen LogP contribution is 2.26. The van der Waals surface area contributed by atoms with E-state index in [2.05, 4.69) is 19.9 Å². The van der Waals surface area contributed by atoms with Gasteiger partial charge in [-0.25, -0.2) is 13.4 Å². The van der Waals surface area contributed by atoms with E-state index in [0.717, 1.165) is 11.3 Å². The average molecular weight is 305 g/mol. The monoisotopic (exact) mass is 305 g/mol. The summed E-state index contributed by atoms with van der Waals surface area (Å²) >= 11 is 2.20. The quantitative estimate of drug-likeness (QED) is 0.864. The Morgan fingerprint density at radius 3 is 2.61 bits per heavy atom. The molecule has 0 unspecified atom stereocenters. The van der Waals surface area contributed by atoms with Crippen LogP contribution >= 0.6 is 22.7 Å². The number of nitrogens with two attached hydrogens (primary N) is 1. The minimum atomic E-state index is -3.74. The van der Waals surface area contributed by atoms with Crippen LogP contribution in [-0.4, -0.2) is 23.6 Å². The van der Waals surface area contributed by atoms with Gasteiger partial charge in [-0.2, -0.15) is 4.72 Å². The Balaban J connectivity index is 2.29. The standard InChI is InChI=1S/C8H11N5O2S3/c1-8(2,5-10-3-4-16-5)13-18(14,15)7-12-11-6(9)17-7/h3-4,13H,1-2H3,(H2,9,11). The topological polar surface area (TPSA) is 111 Å². The van der Waals surface area contributed by atoms with Crippen molar-refractivity contribution in [2.24, 2.45) is 0 Å². The number of nitrogen functional groups attached to an aromatic ring is 1. The van der Waals surface area contributed by atoms with Crippen LogP contribution in [0.5, 0.6) is 0 Å². The number of hydrogen-bond donors (Lipinski definition) is 2. The number of thiazole rings is 1. The molecule has 0 amide bonds. The Bertz CT molecular complexity index is 632. The summed E-state index contributed by atoms with van der Waals surface area (Å²) in [6.45, 7) is 3.46. The predicted octanol–water partition coefficient (Wildman–Crippen LogP) is 0.790. The molecule has 3 N–H and O–H groups in total. The number of nitrogens with one attached hydrogen (secondary N) is 1. The molecule has 98 valence electrons. The third kappa shape index (κ3) is 2.66. The van der Waals surface area contributed by atoms with Crippen LogP contribution in [-0.2, 0) is 15.6 Å². The van der Waals surface area contributed by atoms with Crippen LogP contribution < -0.4 is 10.5 Å². The summed E-state index contributed by atoms with van der Waals surface area (Å²) in [5, 5.41) is 9.59. The van der Waals surface area contributed by atoms with E-state index in [-0.39, 0.29) is 9.47 Å². The summed E-state index contributed by atoms with van der Waals surface area (Å²) in [7, 11) is -3.74. The van der Waals surface area contributed by atoms with Crippen molar-refractivity contribution in [2.45, 2.75) is 23.7 Å². The maximum atomic E-state index is 12.1. The molecule has 0 bridgehead atoms. The van der Waals surface area contributed by atoms with E-state index in [4.69, 9.17) is 5.73 Å². The van der Waals surface area contributed by atoms with Crippen LogP contribution in [0.25, 0.3) is 0 Å². The van der Waals surface area contributed by atoms with E-state index in [0.29, 0.717) is 5.01 Å². The van der Waals surface area contributed by atoms with Gasteiger partial charge in [0.15, 0.2) is 0 Å². The molecule has 7 nitrogen and oxygen atoms in total. The van der Waals surface area contributed by atoms with Crippen molar-refractivity contribution < 1.29 is 8.42 Å². The van der Waals surface area contributed by atoms with Crippen molar-refractivity contribution in [2.75, 3.05) is 5.73 Å². The Kier molecular flexibility index (Phi) is 3.36. The maximum Gasteiger partial charge on any atom is 0.270 e. The van der Waals surface area contributed by atoms with Crippen LogP contribution in [0.1, 0.15) is 18.9 Å². The molecule has 0 aliphatic heterocycles. The van der Waals surface area contributed by atoms with Gasteiger partial charge in [0.2, 0.25) is 9.47 Å². The van der Waals surface area contributed by atoms with Crippen molar-refractivity contribution in [1.82, 2.24) is 19.9 Å². The molecule has 0 saturated carbocycles. The van der Waals surface area contributed by atoms with Gasteiger partial charge in [-0.15, -0.1) is 21.5 Å². The minimum absolute atomic E-state index is 0.113. The molecular weight excluding hydrogens is 294 g/mol. The molecule has 0 radical (unpaired) electrons. The highest BCUT2D eigenvalue weighted by atomic mass is 32.2. The zero-order chi connectivity index (χ0) is 13.4. The van der Waals surface area contributed by atoms with Crippen molar-refractivity contribution in [3.05, 3.63) is 16.6 Å². The molecule has 0 atom stereocenters. The lowest BCUT2D eigenvalue weighted by molar-refractivity contribution is 0.469. The molecule has 10 heteroatoms. The van der Waals surface area contributed by atoms with Crippen molar-refractivity contribution in [3.63, 3.8) is 0 Å². The van der Waals surface area contributed by atoms with Gasteiger partial charge in [-0.05, 0) is 13.8 Å². The van der Waals surface area contributed by atoms with Gasteiger partial charge in [0.25, 0.3) is 10.0 Å². The molecule has 2 rings (SSSR count). The van der Waals surface area contributed by atoms with Gasteiger partial charge in [0.1, 0.15) is 5.01 Å². The van der Waals surface area contributed by atoms with E-state index >= 15 is 0 Å². The molecule has 0 aromatic carbocycles. The van der Waals surface area contributed by atoms with Gasteiger partial charge >= 0.3 is 0 Å². The van der Waals surface area contributed by atoms with Crippen LogP contribution in [0.15, 0.2) is 15.9 Å². The van der Waals surface area contributed by atoms with Gasteiger partial charge in [-0.3, -0.25) is 0 Å². The van der Waals surface area contributed by atoms with Crippen LogP contribution in [0, 0.1) is 0 Å². The number of nitrogens with zero attached hydrogens (tertiary/aromatic N) is 3. The predicted molar refractivity (Wildman–Crippen MR) is 69.8 cm³/mol. The van der Waals surface area contributed by atoms with E-state index in [1.54, 1.807) is 25.4 Å². The first kappa shape index (κ1) is 13.3. The normalized spacial score (nSPS) is 12.8. The Labute approximate surface area is 112 Å². The zero-order valence-corrected chi connectivity index (χ0v) is 12.1. The second-order valence-electron chi connectivity index (χ2n) is 3.97. The first-order chi connectivity index (χ1) is 8.31. The number of rotatable bonds is 4. The van der Waals surface area contributed by atoms with Gasteiger partial charge in [0, 0.05) is 11.6 Å². The maximum absolute atomic E-state index is 12.1. The lowest BCUT2D eigenvalue weighted by Crippen LogP contribution is -2.40. The molecular formula is C8H11N5O2S3. The third-order valence-corrected chi connectivity index (χ3v) is 5.88. The number of aromatic nitrogens is 3. The van der Waals surface area contributed by atoms with Crippen molar-refractivity contribution in [3.8, 4) is 0 Å². The molecule has 0 fully saturated rings. The summed E-state index contributed by atoms with van der Waals surface area (Å²) in [6.07, 6.45) is 1.62. The summed E-state index contributed by atoms with van der Waals surface area (Å²) in [5.41, 5.74) is 4.56. The largest absolute Gasteiger partial charge is 0.374 e. The average Bonchev–Trinajstić information content (AvgIpc) is 2.84. The first-order valence-electron chi connectivity index (χ1n) is 4.84. The van der Waals surface area contributed by atoms with Gasteiger partial charge < -0.3 is 5.73 Å². The molecule has 18 heavy (non-hydrogen) atoms. The minimum Gasteiger partial charge on any atom is -0.374 e. The molecule has 2 aromatic rings. The smallest absolute Gasteiger partial charge is 0.270 e. The van der Waals surface area contributed by atoms with Gasteiger partial charge in [-0.1, -0.05) is 11.3 Å². The highest BCUT2D eigenvalue weighted by Gasteiger charge is 2.32. The first-order valence-corrected chi connectivity index (χ1v) is 8.02. The third-order valence-electron chi connectivity index (χ3n) is 2.01. The second-order valence-corrected chi connectivity index (χ2v) is 7.73. The Morgan fingerprint density at radius 2 is 2.11 bits per heavy atom. The van der Waals surface area contributed by atoms with Crippen LogP contribution in [0.3, 0.4) is 0 Å². The Morgan fingerprint density at radius 1 is 1.39 bits per heavy atom. The zero-order valence-electron chi connectivity index (χ0n) is 9.61. The lowest BCUT2D eigenvalue weighted by Gasteiger charge is -2.22. The summed E-state index contributed by atoms with van der Waals surface area (Å²) in [4.78, 5) is 4.11. The second kappa shape index (κ2) is 4.53. The van der Waals surface area contributed by atoms with Crippen LogP contribution in [0.2, 0.25) is 0 Å². The number of anilines is 1. The SMILES string of the molecule is CC(C)(NS(=O)(=O)c1nnc(N)s1)c1nccs1. The van der Waals surface area contributed by atoms with E-state index < -0.39 is 15.6 Å². The molecule has 2 heterocycles.